The molecule has 4 aromatic rings. The lowest BCUT2D eigenvalue weighted by Crippen LogP contribution is -2.19. The second-order valence-electron chi connectivity index (χ2n) is 8.87. The van der Waals surface area contributed by atoms with Crippen molar-refractivity contribution in [1.82, 2.24) is 19.7 Å². The van der Waals surface area contributed by atoms with E-state index in [9.17, 15) is 18.0 Å². The molecule has 0 aliphatic heterocycles. The fourth-order valence-electron chi connectivity index (χ4n) is 3.94. The van der Waals surface area contributed by atoms with Crippen LogP contribution in [0.25, 0.3) is 22.0 Å². The molecule has 3 N–H and O–H groups in total. The van der Waals surface area contributed by atoms with Crippen LogP contribution in [0.2, 0.25) is 0 Å². The lowest BCUT2D eigenvalue weighted by molar-refractivity contribution is -0.137. The first kappa shape index (κ1) is 26.0. The van der Waals surface area contributed by atoms with Crippen molar-refractivity contribution in [2.45, 2.75) is 12.6 Å². The number of carbonyl (C=O) groups excluding carboxylic acids is 1. The number of nitrogens with one attached hydrogen (secondary N) is 3. The number of fused-ring (bicyclic) bond motifs is 1. The number of rotatable bonds is 8. The second kappa shape index (κ2) is 10.9. The monoisotopic (exact) mass is 511 g/mol. The Bertz CT molecular complexity index is 1380. The Kier molecular flexibility index (Phi) is 7.63. The summed E-state index contributed by atoms with van der Waals surface area (Å²) in [5, 5.41) is 13.8. The fraction of sp³-hybridized carbons (Fsp3) is 0.269. The lowest BCUT2D eigenvalue weighted by atomic mass is 10.0. The molecule has 2 amide bonds. The van der Waals surface area contributed by atoms with Crippen molar-refractivity contribution in [3.8, 4) is 11.1 Å². The van der Waals surface area contributed by atoms with Crippen molar-refractivity contribution in [3.05, 3.63) is 66.5 Å². The van der Waals surface area contributed by atoms with Crippen LogP contribution < -0.4 is 16.0 Å². The normalized spacial score (nSPS) is 11.6. The summed E-state index contributed by atoms with van der Waals surface area (Å²) in [7, 11) is 5.95. The molecule has 11 heteroatoms. The largest absolute Gasteiger partial charge is 0.416 e. The SMILES string of the molecule is CN(C)CCCNc1ncc(-c2ccc(NC(=O)Nc3cccc(C(F)(F)F)c3)cc2)c2cnn(C)c12. The molecule has 2 heterocycles. The Labute approximate surface area is 212 Å². The maximum absolute atomic E-state index is 12.9. The van der Waals surface area contributed by atoms with E-state index in [1.54, 1.807) is 29.2 Å². The van der Waals surface area contributed by atoms with Crippen LogP contribution >= 0.6 is 0 Å². The van der Waals surface area contributed by atoms with Gasteiger partial charge in [-0.15, -0.1) is 0 Å². The quantitative estimate of drug-likeness (QED) is 0.266. The van der Waals surface area contributed by atoms with Gasteiger partial charge in [0.15, 0.2) is 5.82 Å². The Morgan fingerprint density at radius 2 is 1.76 bits per heavy atom. The third-order valence-electron chi connectivity index (χ3n) is 5.75. The van der Waals surface area contributed by atoms with Crippen molar-refractivity contribution < 1.29 is 18.0 Å². The molecular weight excluding hydrogens is 483 g/mol. The Balaban J connectivity index is 1.46. The number of hydrogen-bond acceptors (Lipinski definition) is 5. The molecule has 0 aliphatic carbocycles. The lowest BCUT2D eigenvalue weighted by Gasteiger charge is -2.13. The van der Waals surface area contributed by atoms with Crippen LogP contribution in [-0.4, -0.2) is 52.9 Å². The molecule has 0 spiro atoms. The first-order chi connectivity index (χ1) is 17.6. The van der Waals surface area contributed by atoms with E-state index in [1.807, 2.05) is 33.3 Å². The minimum atomic E-state index is -4.49. The summed E-state index contributed by atoms with van der Waals surface area (Å²) in [4.78, 5) is 19.1. The van der Waals surface area contributed by atoms with E-state index < -0.39 is 17.8 Å². The highest BCUT2D eigenvalue weighted by Gasteiger charge is 2.30. The molecule has 194 valence electrons. The molecule has 37 heavy (non-hydrogen) atoms. The number of hydrogen-bond donors (Lipinski definition) is 3. The van der Waals surface area contributed by atoms with Gasteiger partial charge in [0, 0.05) is 42.1 Å². The Morgan fingerprint density at radius 1 is 1.03 bits per heavy atom. The number of aryl methyl sites for hydroxylation is 1. The van der Waals surface area contributed by atoms with Crippen molar-refractivity contribution in [1.29, 1.82) is 0 Å². The van der Waals surface area contributed by atoms with Crippen molar-refractivity contribution in [2.24, 2.45) is 7.05 Å². The standard InChI is InChI=1S/C26H28F3N7O/c1-35(2)13-5-12-30-24-23-22(16-32-36(23)3)21(15-31-24)17-8-10-19(11-9-17)33-25(37)34-20-7-4-6-18(14-20)26(27,28)29/h4,6-11,14-16H,5,12-13H2,1-3H3,(H,30,31)(H2,33,34,37). The molecule has 0 fully saturated rings. The molecule has 8 nitrogen and oxygen atoms in total. The van der Waals surface area contributed by atoms with Crippen LogP contribution in [0.1, 0.15) is 12.0 Å². The van der Waals surface area contributed by atoms with Crippen LogP contribution in [0.15, 0.2) is 60.9 Å². The average Bonchev–Trinajstić information content (AvgIpc) is 3.24. The molecule has 0 radical (unpaired) electrons. The predicted molar refractivity (Wildman–Crippen MR) is 140 cm³/mol. The third-order valence-corrected chi connectivity index (χ3v) is 5.75. The number of carbonyl (C=O) groups is 1. The van der Waals surface area contributed by atoms with E-state index in [0.29, 0.717) is 5.69 Å². The van der Waals surface area contributed by atoms with E-state index in [0.717, 1.165) is 59.5 Å². The summed E-state index contributed by atoms with van der Waals surface area (Å²) in [6, 6.07) is 10.9. The number of benzene rings is 2. The molecule has 0 bridgehead atoms. The molecule has 0 unspecified atom stereocenters. The highest BCUT2D eigenvalue weighted by molar-refractivity contribution is 6.01. The summed E-state index contributed by atoms with van der Waals surface area (Å²) in [5.41, 5.74) is 2.37. The number of pyridine rings is 1. The summed E-state index contributed by atoms with van der Waals surface area (Å²) >= 11 is 0. The van der Waals surface area contributed by atoms with Crippen LogP contribution in [-0.2, 0) is 13.2 Å². The highest BCUT2D eigenvalue weighted by atomic mass is 19.4. The van der Waals surface area contributed by atoms with Gasteiger partial charge in [0.25, 0.3) is 0 Å². The van der Waals surface area contributed by atoms with Gasteiger partial charge in [-0.05, 0) is 63.0 Å². The van der Waals surface area contributed by atoms with Crippen molar-refractivity contribution in [3.63, 3.8) is 0 Å². The van der Waals surface area contributed by atoms with Gasteiger partial charge >= 0.3 is 12.2 Å². The summed E-state index contributed by atoms with van der Waals surface area (Å²) in [6.45, 7) is 1.76. The van der Waals surface area contributed by atoms with Gasteiger partial charge in [0.1, 0.15) is 5.52 Å². The minimum absolute atomic E-state index is 0.0457. The van der Waals surface area contributed by atoms with E-state index in [-0.39, 0.29) is 5.69 Å². The number of halogens is 3. The van der Waals surface area contributed by atoms with Gasteiger partial charge in [-0.2, -0.15) is 18.3 Å². The molecule has 2 aromatic carbocycles. The number of urea groups is 1. The molecular formula is C26H28F3N7O. The second-order valence-corrected chi connectivity index (χ2v) is 8.87. The smallest absolute Gasteiger partial charge is 0.368 e. The molecule has 2 aromatic heterocycles. The van der Waals surface area contributed by atoms with Crippen molar-refractivity contribution >= 4 is 34.1 Å². The number of alkyl halides is 3. The highest BCUT2D eigenvalue weighted by Crippen LogP contribution is 2.32. The maximum atomic E-state index is 12.9. The van der Waals surface area contributed by atoms with E-state index in [1.165, 1.54) is 12.1 Å². The Morgan fingerprint density at radius 3 is 2.46 bits per heavy atom. The van der Waals surface area contributed by atoms with Crippen LogP contribution in [0.4, 0.5) is 35.2 Å². The predicted octanol–water partition coefficient (Wildman–Crippen LogP) is 5.66. The van der Waals surface area contributed by atoms with Gasteiger partial charge < -0.3 is 20.9 Å². The zero-order valence-corrected chi connectivity index (χ0v) is 20.7. The molecule has 0 aliphatic rings. The topological polar surface area (TPSA) is 87.1 Å². The fourth-order valence-corrected chi connectivity index (χ4v) is 3.94. The van der Waals surface area contributed by atoms with Gasteiger partial charge in [-0.3, -0.25) is 4.68 Å². The summed E-state index contributed by atoms with van der Waals surface area (Å²) in [5.74, 6) is 0.766. The average molecular weight is 512 g/mol. The number of anilines is 3. The zero-order chi connectivity index (χ0) is 26.6. The first-order valence-corrected chi connectivity index (χ1v) is 11.7. The minimum Gasteiger partial charge on any atom is -0.368 e. The molecule has 0 atom stereocenters. The van der Waals surface area contributed by atoms with E-state index >= 15 is 0 Å². The van der Waals surface area contributed by atoms with Crippen LogP contribution in [0, 0.1) is 0 Å². The first-order valence-electron chi connectivity index (χ1n) is 11.7. The number of amides is 2. The summed E-state index contributed by atoms with van der Waals surface area (Å²) < 4.78 is 40.5. The van der Waals surface area contributed by atoms with Crippen LogP contribution in [0.3, 0.4) is 0 Å². The van der Waals surface area contributed by atoms with Gasteiger partial charge in [-0.1, -0.05) is 18.2 Å². The molecule has 0 saturated heterocycles. The van der Waals surface area contributed by atoms with Crippen LogP contribution in [0.5, 0.6) is 0 Å². The van der Waals surface area contributed by atoms with Crippen molar-refractivity contribution in [2.75, 3.05) is 43.1 Å². The van der Waals surface area contributed by atoms with E-state index in [2.05, 4.69) is 30.9 Å². The summed E-state index contributed by atoms with van der Waals surface area (Å²) in [6.07, 6.45) is 0.0809. The Hall–Kier alpha value is -4.12. The number of aromatic nitrogens is 3. The van der Waals surface area contributed by atoms with Gasteiger partial charge in [0.05, 0.1) is 11.8 Å². The third kappa shape index (κ3) is 6.36. The number of nitrogens with zero attached hydrogens (tertiary/aromatic N) is 4. The molecule has 4 rings (SSSR count). The van der Waals surface area contributed by atoms with Gasteiger partial charge in [0.2, 0.25) is 0 Å². The maximum Gasteiger partial charge on any atom is 0.416 e. The molecule has 0 saturated carbocycles. The zero-order valence-electron chi connectivity index (χ0n) is 20.7. The van der Waals surface area contributed by atoms with E-state index in [4.69, 9.17) is 0 Å². The van der Waals surface area contributed by atoms with Gasteiger partial charge in [-0.25, -0.2) is 9.78 Å².